The molecule has 0 bridgehead atoms. The van der Waals surface area contributed by atoms with E-state index >= 15 is 0 Å². The van der Waals surface area contributed by atoms with Gasteiger partial charge in [-0.25, -0.2) is 4.90 Å². The minimum Gasteiger partial charge on any atom is -0.467 e. The molecule has 1 unspecified atom stereocenters. The van der Waals surface area contributed by atoms with Gasteiger partial charge >= 0.3 is 6.01 Å². The van der Waals surface area contributed by atoms with Crippen LogP contribution in [0.3, 0.4) is 0 Å². The number of anilines is 2. The Labute approximate surface area is 170 Å². The molecule has 9 nitrogen and oxygen atoms in total. The Morgan fingerprint density at radius 2 is 2.00 bits per heavy atom. The zero-order chi connectivity index (χ0) is 19.9. The van der Waals surface area contributed by atoms with E-state index in [0.29, 0.717) is 13.0 Å². The van der Waals surface area contributed by atoms with Crippen molar-refractivity contribution in [2.75, 3.05) is 17.3 Å². The van der Waals surface area contributed by atoms with Crippen molar-refractivity contribution in [3.8, 4) is 12.2 Å². The number of benzene rings is 1. The average Bonchev–Trinajstić information content (AvgIpc) is 2.66. The molecule has 142 valence electrons. The Hall–Kier alpha value is -2.54. The quantitative estimate of drug-likeness (QED) is 0.215. The number of methoxy groups -OCH3 is 1. The first-order valence-electron chi connectivity index (χ1n) is 7.42. The summed E-state index contributed by atoms with van der Waals surface area (Å²) in [7, 11) is 1.35. The summed E-state index contributed by atoms with van der Waals surface area (Å²) in [6.07, 6.45) is 0.732. The van der Waals surface area contributed by atoms with Crippen LogP contribution in [0.25, 0.3) is 0 Å². The maximum Gasteiger partial charge on any atom is 0.322 e. The monoisotopic (exact) mass is 429 g/mol. The van der Waals surface area contributed by atoms with Crippen LogP contribution in [0.5, 0.6) is 6.01 Å². The van der Waals surface area contributed by atoms with Crippen molar-refractivity contribution >= 4 is 53.1 Å². The van der Waals surface area contributed by atoms with Crippen LogP contribution in [-0.2, 0) is 11.3 Å². The second kappa shape index (κ2) is 9.41. The molecule has 1 amide bonds. The molecule has 0 saturated carbocycles. The van der Waals surface area contributed by atoms with Crippen molar-refractivity contribution in [3.63, 3.8) is 0 Å². The Bertz CT molecular complexity index is 811. The maximum atomic E-state index is 10.8. The molecule has 2 rings (SSSR count). The lowest BCUT2D eigenvalue weighted by molar-refractivity contribution is -0.110. The van der Waals surface area contributed by atoms with Crippen LogP contribution < -0.4 is 20.3 Å². The number of halogens is 3. The highest BCUT2D eigenvalue weighted by molar-refractivity contribution is 6.68. The summed E-state index contributed by atoms with van der Waals surface area (Å²) in [5.74, 6) is -0.0410. The number of carbonyl (C=O) groups is 1. The van der Waals surface area contributed by atoms with Crippen molar-refractivity contribution in [2.24, 2.45) is 0 Å². The first-order valence-corrected chi connectivity index (χ1v) is 8.55. The number of nitriles is 1. The van der Waals surface area contributed by atoms with Crippen molar-refractivity contribution in [1.29, 1.82) is 5.26 Å². The standard InChI is InChI=1S/C15H14Cl3N7O2/c1-27-14-23-12(20-7-10-5-3-2-4-6-10)22-13(24-14)25(8-19)11(21-9-26)15(16,17)18/h2-6,9,11H,7H2,1H3,(H,21,26)(H,20,22,23,24). The minimum atomic E-state index is -2.03. The van der Waals surface area contributed by atoms with Crippen molar-refractivity contribution in [3.05, 3.63) is 35.9 Å². The molecule has 0 aliphatic carbocycles. The summed E-state index contributed by atoms with van der Waals surface area (Å²) in [5, 5.41) is 14.7. The van der Waals surface area contributed by atoms with Crippen molar-refractivity contribution in [1.82, 2.24) is 20.3 Å². The molecule has 12 heteroatoms. The molecule has 1 atom stereocenters. The molecular formula is C15H14Cl3N7O2. The molecule has 1 aromatic carbocycles. The van der Waals surface area contributed by atoms with Crippen LogP contribution in [-0.4, -0.2) is 38.4 Å². The van der Waals surface area contributed by atoms with Crippen LogP contribution in [0.2, 0.25) is 0 Å². The van der Waals surface area contributed by atoms with Crippen LogP contribution in [0.15, 0.2) is 30.3 Å². The molecule has 0 radical (unpaired) electrons. The summed E-state index contributed by atoms with van der Waals surface area (Å²) in [6.45, 7) is 0.417. The first-order chi connectivity index (χ1) is 12.9. The van der Waals surface area contributed by atoms with E-state index < -0.39 is 9.96 Å². The van der Waals surface area contributed by atoms with Gasteiger partial charge in [-0.3, -0.25) is 4.79 Å². The number of alkyl halides is 3. The molecule has 0 aliphatic heterocycles. The van der Waals surface area contributed by atoms with Gasteiger partial charge in [-0.15, -0.1) is 0 Å². The van der Waals surface area contributed by atoms with Gasteiger partial charge in [0.2, 0.25) is 22.1 Å². The number of nitrogens with one attached hydrogen (secondary N) is 2. The zero-order valence-corrected chi connectivity index (χ0v) is 16.2. The van der Waals surface area contributed by atoms with Gasteiger partial charge in [-0.05, 0) is 5.56 Å². The second-order valence-corrected chi connectivity index (χ2v) is 7.35. The van der Waals surface area contributed by atoms with Gasteiger partial charge in [0.1, 0.15) is 0 Å². The summed E-state index contributed by atoms with van der Waals surface area (Å²) < 4.78 is 3.01. The number of hydrogen-bond donors (Lipinski definition) is 2. The van der Waals surface area contributed by atoms with E-state index in [1.54, 1.807) is 6.19 Å². The van der Waals surface area contributed by atoms with Gasteiger partial charge in [-0.2, -0.15) is 20.2 Å². The van der Waals surface area contributed by atoms with Crippen molar-refractivity contribution < 1.29 is 9.53 Å². The highest BCUT2D eigenvalue weighted by Gasteiger charge is 2.39. The Morgan fingerprint density at radius 3 is 2.56 bits per heavy atom. The van der Waals surface area contributed by atoms with Gasteiger partial charge in [0.05, 0.1) is 7.11 Å². The van der Waals surface area contributed by atoms with Crippen molar-refractivity contribution in [2.45, 2.75) is 16.5 Å². The first kappa shape index (κ1) is 20.8. The third kappa shape index (κ3) is 5.72. The average molecular weight is 431 g/mol. The van der Waals surface area contributed by atoms with Crippen LogP contribution in [0.4, 0.5) is 11.9 Å². The molecule has 2 N–H and O–H groups in total. The predicted molar refractivity (Wildman–Crippen MR) is 102 cm³/mol. The summed E-state index contributed by atoms with van der Waals surface area (Å²) in [5.41, 5.74) is 0.984. The van der Waals surface area contributed by atoms with E-state index in [1.807, 2.05) is 30.3 Å². The summed E-state index contributed by atoms with van der Waals surface area (Å²) in [6, 6.07) is 9.45. The normalized spacial score (nSPS) is 11.8. The molecule has 1 aromatic heterocycles. The number of rotatable bonds is 8. The molecule has 0 saturated heterocycles. The Balaban J connectivity index is 2.34. The second-order valence-electron chi connectivity index (χ2n) is 4.98. The fourth-order valence-electron chi connectivity index (χ4n) is 2.00. The number of carbonyl (C=O) groups excluding carboxylic acids is 1. The number of aromatic nitrogens is 3. The minimum absolute atomic E-state index is 0.0648. The van der Waals surface area contributed by atoms with E-state index in [4.69, 9.17) is 39.5 Å². The number of ether oxygens (including phenoxy) is 1. The molecular weight excluding hydrogens is 417 g/mol. The lowest BCUT2D eigenvalue weighted by Gasteiger charge is -2.29. The predicted octanol–water partition coefficient (Wildman–Crippen LogP) is 2.22. The number of hydrogen-bond acceptors (Lipinski definition) is 8. The topological polar surface area (TPSA) is 116 Å². The van der Waals surface area contributed by atoms with Crippen LogP contribution in [0.1, 0.15) is 5.56 Å². The molecule has 0 fully saturated rings. The largest absolute Gasteiger partial charge is 0.467 e. The molecule has 0 aliphatic rings. The molecule has 0 spiro atoms. The van der Waals surface area contributed by atoms with Gasteiger partial charge in [0, 0.05) is 6.54 Å². The van der Waals surface area contributed by atoms with Crippen LogP contribution >= 0.6 is 34.8 Å². The third-order valence-corrected chi connectivity index (χ3v) is 3.82. The van der Waals surface area contributed by atoms with Gasteiger partial charge in [-0.1, -0.05) is 65.1 Å². The highest BCUT2D eigenvalue weighted by Crippen LogP contribution is 2.33. The van der Waals surface area contributed by atoms with Gasteiger partial charge in [0.25, 0.3) is 0 Å². The smallest absolute Gasteiger partial charge is 0.322 e. The Morgan fingerprint density at radius 1 is 1.30 bits per heavy atom. The maximum absolute atomic E-state index is 10.8. The van der Waals surface area contributed by atoms with E-state index in [9.17, 15) is 10.1 Å². The SMILES string of the molecule is COc1nc(NCc2ccccc2)nc(N(C#N)C(NC=O)C(Cl)(Cl)Cl)n1. The summed E-state index contributed by atoms with van der Waals surface area (Å²) in [4.78, 5) is 23.9. The third-order valence-electron chi connectivity index (χ3n) is 3.20. The molecule has 27 heavy (non-hydrogen) atoms. The number of amides is 1. The Kier molecular flexibility index (Phi) is 7.24. The number of nitrogens with zero attached hydrogens (tertiary/aromatic N) is 5. The lowest BCUT2D eigenvalue weighted by atomic mass is 10.2. The van der Waals surface area contributed by atoms with Crippen LogP contribution in [0, 0.1) is 11.5 Å². The highest BCUT2D eigenvalue weighted by atomic mass is 35.6. The van der Waals surface area contributed by atoms with E-state index in [0.717, 1.165) is 10.5 Å². The van der Waals surface area contributed by atoms with Gasteiger partial charge in [0.15, 0.2) is 12.4 Å². The fourth-order valence-corrected chi connectivity index (χ4v) is 2.48. The summed E-state index contributed by atoms with van der Waals surface area (Å²) >= 11 is 17.6. The van der Waals surface area contributed by atoms with E-state index in [-0.39, 0.29) is 17.9 Å². The molecule has 2 aromatic rings. The van der Waals surface area contributed by atoms with E-state index in [1.165, 1.54) is 7.11 Å². The lowest BCUT2D eigenvalue weighted by Crippen LogP contribution is -2.52. The zero-order valence-electron chi connectivity index (χ0n) is 13.9. The fraction of sp³-hybridized carbons (Fsp3) is 0.267. The van der Waals surface area contributed by atoms with E-state index in [2.05, 4.69) is 25.6 Å². The van der Waals surface area contributed by atoms with Gasteiger partial charge < -0.3 is 15.4 Å². The molecule has 1 heterocycles.